The van der Waals surface area contributed by atoms with Crippen molar-refractivity contribution in [2.75, 3.05) is 38.0 Å². The Hall–Kier alpha value is -2.74. The van der Waals surface area contributed by atoms with Gasteiger partial charge in [0.2, 0.25) is 5.91 Å². The number of amides is 2. The Bertz CT molecular complexity index is 813. The summed E-state index contributed by atoms with van der Waals surface area (Å²) in [5.74, 6) is 0.239. The number of piperazine rings is 1. The maximum absolute atomic E-state index is 13.4. The summed E-state index contributed by atoms with van der Waals surface area (Å²) in [6.07, 6.45) is 0. The maximum Gasteiger partial charge on any atom is 0.254 e. The van der Waals surface area contributed by atoms with Crippen LogP contribution in [0.1, 0.15) is 21.7 Å². The van der Waals surface area contributed by atoms with Crippen LogP contribution in [0, 0.1) is 19.7 Å². The van der Waals surface area contributed by atoms with Crippen LogP contribution in [-0.4, -0.2) is 59.5 Å². The molecular formula is C18H21FN4O3. The fraction of sp³-hybridized carbons (Fsp3) is 0.389. The van der Waals surface area contributed by atoms with E-state index in [1.807, 2.05) is 4.90 Å². The van der Waals surface area contributed by atoms with E-state index >= 15 is 0 Å². The molecule has 0 aliphatic carbocycles. The fourth-order valence-electron chi connectivity index (χ4n) is 2.91. The third-order valence-electron chi connectivity index (χ3n) is 4.35. The van der Waals surface area contributed by atoms with Crippen LogP contribution in [0.25, 0.3) is 0 Å². The van der Waals surface area contributed by atoms with Gasteiger partial charge in [0.05, 0.1) is 6.54 Å². The second kappa shape index (κ2) is 7.65. The average molecular weight is 360 g/mol. The van der Waals surface area contributed by atoms with Gasteiger partial charge in [-0.2, -0.15) is 0 Å². The van der Waals surface area contributed by atoms with Gasteiger partial charge in [-0.05, 0) is 31.5 Å². The number of hydrogen-bond acceptors (Lipinski definition) is 5. The fourth-order valence-corrected chi connectivity index (χ4v) is 2.91. The summed E-state index contributed by atoms with van der Waals surface area (Å²) in [5, 5.41) is 6.40. The molecule has 2 heterocycles. The first-order valence-corrected chi connectivity index (χ1v) is 8.43. The molecule has 0 radical (unpaired) electrons. The van der Waals surface area contributed by atoms with Crippen LogP contribution in [0.3, 0.4) is 0 Å². The first-order valence-electron chi connectivity index (χ1n) is 8.43. The summed E-state index contributed by atoms with van der Waals surface area (Å²) in [6.45, 7) is 5.89. The number of aromatic nitrogens is 1. The number of carbonyl (C=O) groups excluding carboxylic acids is 2. The molecule has 1 N–H and O–H groups in total. The summed E-state index contributed by atoms with van der Waals surface area (Å²) in [5.41, 5.74) is 1.14. The van der Waals surface area contributed by atoms with Gasteiger partial charge in [-0.15, -0.1) is 0 Å². The van der Waals surface area contributed by atoms with Crippen LogP contribution >= 0.6 is 0 Å². The highest BCUT2D eigenvalue weighted by Crippen LogP contribution is 2.15. The first-order chi connectivity index (χ1) is 12.4. The average Bonchev–Trinajstić information content (AvgIpc) is 3.01. The van der Waals surface area contributed by atoms with Gasteiger partial charge in [0.25, 0.3) is 5.91 Å². The van der Waals surface area contributed by atoms with E-state index in [4.69, 9.17) is 4.52 Å². The van der Waals surface area contributed by atoms with Crippen molar-refractivity contribution < 1.29 is 18.5 Å². The van der Waals surface area contributed by atoms with Crippen molar-refractivity contribution in [3.63, 3.8) is 0 Å². The number of anilines is 1. The monoisotopic (exact) mass is 360 g/mol. The Kier molecular flexibility index (Phi) is 5.32. The summed E-state index contributed by atoms with van der Waals surface area (Å²) in [4.78, 5) is 28.3. The Morgan fingerprint density at radius 2 is 1.92 bits per heavy atom. The molecule has 8 heteroatoms. The highest BCUT2D eigenvalue weighted by Gasteiger charge is 2.24. The molecule has 7 nitrogen and oxygen atoms in total. The molecule has 2 aromatic rings. The Morgan fingerprint density at radius 3 is 2.58 bits per heavy atom. The van der Waals surface area contributed by atoms with Crippen molar-refractivity contribution >= 4 is 17.6 Å². The standard InChI is InChI=1S/C18H21FN4O3/c1-12-3-4-14(19)10-15(12)18(25)23-7-5-22(6-8-23)11-17(24)20-16-9-13(2)26-21-16/h3-4,9-10H,5-8,11H2,1-2H3,(H,20,21,24). The number of halogens is 1. The smallest absolute Gasteiger partial charge is 0.254 e. The van der Waals surface area contributed by atoms with E-state index < -0.39 is 5.82 Å². The zero-order valence-electron chi connectivity index (χ0n) is 14.8. The third kappa shape index (κ3) is 4.26. The Morgan fingerprint density at radius 1 is 1.19 bits per heavy atom. The minimum atomic E-state index is -0.419. The zero-order chi connectivity index (χ0) is 18.7. The SMILES string of the molecule is Cc1cc(NC(=O)CN2CCN(C(=O)c3cc(F)ccc3C)CC2)no1. The number of carbonyl (C=O) groups is 2. The molecule has 0 spiro atoms. The molecule has 1 fully saturated rings. The number of aryl methyl sites for hydroxylation is 2. The summed E-state index contributed by atoms with van der Waals surface area (Å²) in [6, 6.07) is 5.88. The number of nitrogens with one attached hydrogen (secondary N) is 1. The largest absolute Gasteiger partial charge is 0.360 e. The van der Waals surface area contributed by atoms with E-state index in [1.54, 1.807) is 30.9 Å². The van der Waals surface area contributed by atoms with Crippen LogP contribution in [0.2, 0.25) is 0 Å². The number of benzene rings is 1. The molecule has 138 valence electrons. The van der Waals surface area contributed by atoms with Gasteiger partial charge in [0.15, 0.2) is 5.82 Å². The van der Waals surface area contributed by atoms with E-state index in [2.05, 4.69) is 10.5 Å². The number of hydrogen-bond donors (Lipinski definition) is 1. The number of nitrogens with zero attached hydrogens (tertiary/aromatic N) is 3. The van der Waals surface area contributed by atoms with Crippen LogP contribution < -0.4 is 5.32 Å². The molecule has 2 amide bonds. The molecule has 1 aromatic carbocycles. The molecule has 26 heavy (non-hydrogen) atoms. The van der Waals surface area contributed by atoms with Crippen molar-refractivity contribution in [1.82, 2.24) is 15.0 Å². The first kappa shape index (κ1) is 18.1. The summed E-state index contributed by atoms with van der Waals surface area (Å²) in [7, 11) is 0. The van der Waals surface area contributed by atoms with E-state index in [0.29, 0.717) is 43.3 Å². The van der Waals surface area contributed by atoms with Gasteiger partial charge >= 0.3 is 0 Å². The van der Waals surface area contributed by atoms with Crippen molar-refractivity contribution in [3.05, 3.63) is 47.0 Å². The summed E-state index contributed by atoms with van der Waals surface area (Å²) >= 11 is 0. The quantitative estimate of drug-likeness (QED) is 0.900. The molecule has 0 bridgehead atoms. The lowest BCUT2D eigenvalue weighted by atomic mass is 10.1. The minimum absolute atomic E-state index is 0.177. The van der Waals surface area contributed by atoms with E-state index in [9.17, 15) is 14.0 Å². The molecule has 1 saturated heterocycles. The van der Waals surface area contributed by atoms with Crippen molar-refractivity contribution in [2.24, 2.45) is 0 Å². The van der Waals surface area contributed by atoms with Crippen molar-refractivity contribution in [2.45, 2.75) is 13.8 Å². The Balaban J connectivity index is 1.51. The second-order valence-electron chi connectivity index (χ2n) is 6.40. The van der Waals surface area contributed by atoms with Crippen LogP contribution in [0.5, 0.6) is 0 Å². The predicted octanol–water partition coefficient (Wildman–Crippen LogP) is 1.83. The molecule has 0 saturated carbocycles. The lowest BCUT2D eigenvalue weighted by Crippen LogP contribution is -2.50. The molecule has 1 aromatic heterocycles. The van der Waals surface area contributed by atoms with Crippen LogP contribution in [0.15, 0.2) is 28.8 Å². The highest BCUT2D eigenvalue weighted by atomic mass is 19.1. The van der Waals surface area contributed by atoms with E-state index in [1.165, 1.54) is 12.1 Å². The molecule has 0 atom stereocenters. The van der Waals surface area contributed by atoms with Gasteiger partial charge in [-0.1, -0.05) is 11.2 Å². The van der Waals surface area contributed by atoms with Crippen molar-refractivity contribution in [1.29, 1.82) is 0 Å². The van der Waals surface area contributed by atoms with Crippen LogP contribution in [0.4, 0.5) is 10.2 Å². The van der Waals surface area contributed by atoms with E-state index in [0.717, 1.165) is 5.56 Å². The topological polar surface area (TPSA) is 78.7 Å². The van der Waals surface area contributed by atoms with Gasteiger partial charge in [-0.25, -0.2) is 4.39 Å². The second-order valence-corrected chi connectivity index (χ2v) is 6.40. The van der Waals surface area contributed by atoms with E-state index in [-0.39, 0.29) is 18.4 Å². The molecular weight excluding hydrogens is 339 g/mol. The van der Waals surface area contributed by atoms with Crippen molar-refractivity contribution in [3.8, 4) is 0 Å². The van der Waals surface area contributed by atoms with Gasteiger partial charge in [0.1, 0.15) is 11.6 Å². The highest BCUT2D eigenvalue weighted by molar-refractivity contribution is 5.95. The normalized spacial score (nSPS) is 15.1. The lowest BCUT2D eigenvalue weighted by molar-refractivity contribution is -0.117. The van der Waals surface area contributed by atoms with Gasteiger partial charge in [0, 0.05) is 37.8 Å². The maximum atomic E-state index is 13.4. The molecule has 0 unspecified atom stereocenters. The predicted molar refractivity (Wildman–Crippen MR) is 93.4 cm³/mol. The third-order valence-corrected chi connectivity index (χ3v) is 4.35. The Labute approximate surface area is 150 Å². The molecule has 1 aliphatic heterocycles. The zero-order valence-corrected chi connectivity index (χ0v) is 14.8. The minimum Gasteiger partial charge on any atom is -0.360 e. The van der Waals surface area contributed by atoms with Gasteiger partial charge < -0.3 is 14.7 Å². The molecule has 3 rings (SSSR count). The van der Waals surface area contributed by atoms with Crippen LogP contribution in [-0.2, 0) is 4.79 Å². The lowest BCUT2D eigenvalue weighted by Gasteiger charge is -2.34. The molecule has 1 aliphatic rings. The number of rotatable bonds is 4. The van der Waals surface area contributed by atoms with Gasteiger partial charge in [-0.3, -0.25) is 14.5 Å². The summed E-state index contributed by atoms with van der Waals surface area (Å²) < 4.78 is 18.3.